The van der Waals surface area contributed by atoms with Gasteiger partial charge in [-0.2, -0.15) is 5.10 Å². The van der Waals surface area contributed by atoms with Gasteiger partial charge in [0.2, 0.25) is 0 Å². The minimum absolute atomic E-state index is 0.220. The molecule has 0 atom stereocenters. The van der Waals surface area contributed by atoms with Gasteiger partial charge in [0.1, 0.15) is 12.7 Å². The smallest absolute Gasteiger partial charge is 0.252 e. The van der Waals surface area contributed by atoms with Crippen molar-refractivity contribution in [3.05, 3.63) is 71.4 Å². The average molecular weight is 381 g/mol. The summed E-state index contributed by atoms with van der Waals surface area (Å²) in [5.41, 5.74) is 3.46. The molecule has 0 aliphatic carbocycles. The van der Waals surface area contributed by atoms with Gasteiger partial charge in [0.15, 0.2) is 0 Å². The monoisotopic (exact) mass is 380 g/mol. The standard InChI is InChI=1S/C19H17ClN6O/c1-13-2-5-18-14(8-13)10-24-26(18)7-6-21-19(27)16-4-3-15(9-17(16)20)25-11-22-23-12-25/h2-5,8-12H,6-7H2,1H3,(H,21,27). The highest BCUT2D eigenvalue weighted by Crippen LogP contribution is 2.20. The number of carbonyl (C=O) groups is 1. The molecular weight excluding hydrogens is 364 g/mol. The van der Waals surface area contributed by atoms with Crippen molar-refractivity contribution in [2.24, 2.45) is 0 Å². The van der Waals surface area contributed by atoms with Crippen molar-refractivity contribution in [2.45, 2.75) is 13.5 Å². The third-order valence-electron chi connectivity index (χ3n) is 4.32. The number of nitrogens with one attached hydrogen (secondary N) is 1. The highest BCUT2D eigenvalue weighted by Gasteiger charge is 2.11. The average Bonchev–Trinajstić information content (AvgIpc) is 3.31. The summed E-state index contributed by atoms with van der Waals surface area (Å²) >= 11 is 6.28. The van der Waals surface area contributed by atoms with Crippen LogP contribution in [-0.2, 0) is 6.54 Å². The van der Waals surface area contributed by atoms with Gasteiger partial charge in [-0.15, -0.1) is 10.2 Å². The lowest BCUT2D eigenvalue weighted by atomic mass is 10.2. The zero-order chi connectivity index (χ0) is 18.8. The van der Waals surface area contributed by atoms with E-state index in [4.69, 9.17) is 11.6 Å². The summed E-state index contributed by atoms with van der Waals surface area (Å²) in [7, 11) is 0. The van der Waals surface area contributed by atoms with Gasteiger partial charge in [-0.3, -0.25) is 14.0 Å². The van der Waals surface area contributed by atoms with Crippen LogP contribution in [0.1, 0.15) is 15.9 Å². The first-order chi connectivity index (χ1) is 13.1. The number of hydrogen-bond acceptors (Lipinski definition) is 4. The molecule has 0 radical (unpaired) electrons. The molecule has 0 aliphatic rings. The molecule has 1 N–H and O–H groups in total. The van der Waals surface area contributed by atoms with Crippen molar-refractivity contribution in [1.82, 2.24) is 29.9 Å². The molecule has 0 saturated heterocycles. The molecule has 136 valence electrons. The van der Waals surface area contributed by atoms with E-state index in [9.17, 15) is 4.79 Å². The Balaban J connectivity index is 1.42. The predicted molar refractivity (Wildman–Crippen MR) is 103 cm³/mol. The SMILES string of the molecule is Cc1ccc2c(cnn2CCNC(=O)c2ccc(-n3cnnc3)cc2Cl)c1. The van der Waals surface area contributed by atoms with Gasteiger partial charge in [0.25, 0.3) is 5.91 Å². The van der Waals surface area contributed by atoms with E-state index < -0.39 is 0 Å². The van der Waals surface area contributed by atoms with Crippen molar-refractivity contribution < 1.29 is 4.79 Å². The maximum atomic E-state index is 12.4. The van der Waals surface area contributed by atoms with Crippen LogP contribution in [0.5, 0.6) is 0 Å². The minimum Gasteiger partial charge on any atom is -0.350 e. The maximum absolute atomic E-state index is 12.4. The van der Waals surface area contributed by atoms with Crippen LogP contribution >= 0.6 is 11.6 Å². The van der Waals surface area contributed by atoms with Gasteiger partial charge >= 0.3 is 0 Å². The van der Waals surface area contributed by atoms with Gasteiger partial charge in [-0.25, -0.2) is 0 Å². The van der Waals surface area contributed by atoms with Crippen LogP contribution in [0.25, 0.3) is 16.6 Å². The van der Waals surface area contributed by atoms with Crippen LogP contribution in [0, 0.1) is 6.92 Å². The first-order valence-electron chi connectivity index (χ1n) is 8.47. The lowest BCUT2D eigenvalue weighted by Gasteiger charge is -2.09. The van der Waals surface area contributed by atoms with Gasteiger partial charge in [0, 0.05) is 17.6 Å². The number of hydrogen-bond donors (Lipinski definition) is 1. The van der Waals surface area contributed by atoms with Crippen LogP contribution in [0.15, 0.2) is 55.2 Å². The molecule has 2 aromatic heterocycles. The number of fused-ring (bicyclic) bond motifs is 1. The quantitative estimate of drug-likeness (QED) is 0.577. The number of rotatable bonds is 5. The van der Waals surface area contributed by atoms with Gasteiger partial charge < -0.3 is 5.32 Å². The summed E-state index contributed by atoms with van der Waals surface area (Å²) in [5, 5.41) is 16.3. The molecule has 0 spiro atoms. The van der Waals surface area contributed by atoms with Gasteiger partial charge in [0.05, 0.1) is 28.8 Å². The lowest BCUT2D eigenvalue weighted by Crippen LogP contribution is -2.27. The minimum atomic E-state index is -0.220. The molecule has 8 heteroatoms. The van der Waals surface area contributed by atoms with Crippen LogP contribution in [0.4, 0.5) is 0 Å². The molecule has 0 saturated carbocycles. The second-order valence-electron chi connectivity index (χ2n) is 6.22. The Bertz CT molecular complexity index is 1100. The third kappa shape index (κ3) is 3.54. The number of benzene rings is 2. The Morgan fingerprint density at radius 1 is 1.15 bits per heavy atom. The fourth-order valence-electron chi connectivity index (χ4n) is 2.94. The molecule has 7 nitrogen and oxygen atoms in total. The molecule has 4 aromatic rings. The summed E-state index contributed by atoms with van der Waals surface area (Å²) in [6.45, 7) is 3.08. The summed E-state index contributed by atoms with van der Waals surface area (Å²) in [6, 6.07) is 11.4. The molecule has 2 aromatic carbocycles. The highest BCUT2D eigenvalue weighted by atomic mass is 35.5. The van der Waals surface area contributed by atoms with E-state index in [1.54, 1.807) is 35.4 Å². The van der Waals surface area contributed by atoms with Gasteiger partial charge in [-0.05, 0) is 37.3 Å². The number of aryl methyl sites for hydroxylation is 1. The second kappa shape index (κ2) is 7.20. The Hall–Kier alpha value is -3.19. The fraction of sp³-hybridized carbons (Fsp3) is 0.158. The molecule has 1 amide bonds. The zero-order valence-electron chi connectivity index (χ0n) is 14.6. The van der Waals surface area contributed by atoms with E-state index in [-0.39, 0.29) is 5.91 Å². The molecule has 2 heterocycles. The molecular formula is C19H17ClN6O. The maximum Gasteiger partial charge on any atom is 0.252 e. The van der Waals surface area contributed by atoms with Crippen molar-refractivity contribution in [3.63, 3.8) is 0 Å². The molecule has 4 rings (SSSR count). The molecule has 0 fully saturated rings. The van der Waals surface area contributed by atoms with Crippen LogP contribution in [0.3, 0.4) is 0 Å². The third-order valence-corrected chi connectivity index (χ3v) is 4.63. The number of amides is 1. The molecule has 0 unspecified atom stereocenters. The zero-order valence-corrected chi connectivity index (χ0v) is 15.4. The van der Waals surface area contributed by atoms with Crippen LogP contribution < -0.4 is 5.32 Å². The van der Waals surface area contributed by atoms with E-state index in [2.05, 4.69) is 39.7 Å². The second-order valence-corrected chi connectivity index (χ2v) is 6.63. The van der Waals surface area contributed by atoms with Crippen molar-refractivity contribution in [1.29, 1.82) is 0 Å². The van der Waals surface area contributed by atoms with Crippen molar-refractivity contribution in [2.75, 3.05) is 6.54 Å². The summed E-state index contributed by atoms with van der Waals surface area (Å²) in [5.74, 6) is -0.220. The first-order valence-corrected chi connectivity index (χ1v) is 8.84. The Kier molecular flexibility index (Phi) is 4.60. The molecule has 27 heavy (non-hydrogen) atoms. The van der Waals surface area contributed by atoms with E-state index >= 15 is 0 Å². The number of nitrogens with zero attached hydrogens (tertiary/aromatic N) is 5. The Labute approximate surface area is 160 Å². The van der Waals surface area contributed by atoms with Crippen molar-refractivity contribution >= 4 is 28.4 Å². The van der Waals surface area contributed by atoms with E-state index in [0.29, 0.717) is 23.7 Å². The topological polar surface area (TPSA) is 77.6 Å². The lowest BCUT2D eigenvalue weighted by molar-refractivity contribution is 0.0952. The number of halogens is 1. The summed E-state index contributed by atoms with van der Waals surface area (Å²) < 4.78 is 3.60. The summed E-state index contributed by atoms with van der Waals surface area (Å²) in [6.07, 6.45) is 4.98. The molecule has 0 aliphatic heterocycles. The fourth-order valence-corrected chi connectivity index (χ4v) is 3.20. The largest absolute Gasteiger partial charge is 0.350 e. The predicted octanol–water partition coefficient (Wildman–Crippen LogP) is 3.01. The van der Waals surface area contributed by atoms with Gasteiger partial charge in [-0.1, -0.05) is 23.2 Å². The first kappa shape index (κ1) is 17.2. The number of aromatic nitrogens is 5. The van der Waals surface area contributed by atoms with E-state index in [1.807, 2.05) is 16.9 Å². The Morgan fingerprint density at radius 3 is 2.74 bits per heavy atom. The normalized spacial score (nSPS) is 11.0. The van der Waals surface area contributed by atoms with Crippen LogP contribution in [-0.4, -0.2) is 37.0 Å². The van der Waals surface area contributed by atoms with E-state index in [0.717, 1.165) is 16.6 Å². The number of carbonyl (C=O) groups excluding carboxylic acids is 1. The van der Waals surface area contributed by atoms with Crippen LogP contribution in [0.2, 0.25) is 5.02 Å². The summed E-state index contributed by atoms with van der Waals surface area (Å²) in [4.78, 5) is 12.4. The van der Waals surface area contributed by atoms with E-state index in [1.165, 1.54) is 5.56 Å². The molecule has 0 bridgehead atoms. The Morgan fingerprint density at radius 2 is 1.96 bits per heavy atom. The highest BCUT2D eigenvalue weighted by molar-refractivity contribution is 6.34. The van der Waals surface area contributed by atoms with Crippen molar-refractivity contribution in [3.8, 4) is 5.69 Å².